The van der Waals surface area contributed by atoms with E-state index in [0.29, 0.717) is 5.75 Å². The smallest absolute Gasteiger partial charge is 0.410 e. The van der Waals surface area contributed by atoms with Gasteiger partial charge in [0.15, 0.2) is 11.3 Å². The standard InChI is InChI=1S/C14H19N3O4/c1-3-10(11(18)14(2,16)12(15)19)17-13(20)21-9-7-5-4-6-8-9/h4-8,10H,3,16H2,1-2H3,(H2,15,19)(H,17,20)/t10?,14-/m0/s1. The third-order valence-electron chi connectivity index (χ3n) is 2.99. The first-order valence-corrected chi connectivity index (χ1v) is 6.45. The summed E-state index contributed by atoms with van der Waals surface area (Å²) in [7, 11) is 0. The highest BCUT2D eigenvalue weighted by Crippen LogP contribution is 2.10. The summed E-state index contributed by atoms with van der Waals surface area (Å²) in [5.74, 6) is -1.28. The number of ketones is 1. The number of rotatable bonds is 6. The first-order valence-electron chi connectivity index (χ1n) is 6.45. The Labute approximate surface area is 122 Å². The van der Waals surface area contributed by atoms with Crippen molar-refractivity contribution in [2.24, 2.45) is 11.5 Å². The van der Waals surface area contributed by atoms with Gasteiger partial charge in [-0.05, 0) is 25.5 Å². The fourth-order valence-electron chi connectivity index (χ4n) is 1.60. The van der Waals surface area contributed by atoms with Crippen LogP contribution in [0.4, 0.5) is 4.79 Å². The predicted molar refractivity (Wildman–Crippen MR) is 76.5 cm³/mol. The Bertz CT molecular complexity index is 528. The van der Waals surface area contributed by atoms with Gasteiger partial charge in [-0.3, -0.25) is 9.59 Å². The van der Waals surface area contributed by atoms with Crippen molar-refractivity contribution in [2.75, 3.05) is 0 Å². The topological polar surface area (TPSA) is 125 Å². The molecule has 114 valence electrons. The lowest BCUT2D eigenvalue weighted by atomic mass is 9.90. The summed E-state index contributed by atoms with van der Waals surface area (Å²) in [5, 5.41) is 2.38. The summed E-state index contributed by atoms with van der Waals surface area (Å²) >= 11 is 0. The average Bonchev–Trinajstić information content (AvgIpc) is 2.44. The molecule has 0 saturated carbocycles. The Kier molecular flexibility index (Phi) is 5.43. The number of carbonyl (C=O) groups is 3. The van der Waals surface area contributed by atoms with Gasteiger partial charge in [0.05, 0.1) is 6.04 Å². The Morgan fingerprint density at radius 1 is 1.29 bits per heavy atom. The molecule has 0 saturated heterocycles. The molecule has 2 atom stereocenters. The summed E-state index contributed by atoms with van der Waals surface area (Å²) in [6.07, 6.45) is -0.551. The van der Waals surface area contributed by atoms with Gasteiger partial charge in [0.25, 0.3) is 0 Å². The second-order valence-electron chi connectivity index (χ2n) is 4.74. The molecule has 1 aromatic rings. The summed E-state index contributed by atoms with van der Waals surface area (Å²) < 4.78 is 5.01. The highest BCUT2D eigenvalue weighted by Gasteiger charge is 2.39. The van der Waals surface area contributed by atoms with Gasteiger partial charge in [0, 0.05) is 0 Å². The monoisotopic (exact) mass is 293 g/mol. The molecule has 0 radical (unpaired) electrons. The molecule has 1 unspecified atom stereocenters. The van der Waals surface area contributed by atoms with Gasteiger partial charge in [-0.15, -0.1) is 0 Å². The fraction of sp³-hybridized carbons (Fsp3) is 0.357. The van der Waals surface area contributed by atoms with Crippen LogP contribution < -0.4 is 21.5 Å². The molecule has 21 heavy (non-hydrogen) atoms. The van der Waals surface area contributed by atoms with Crippen LogP contribution in [-0.4, -0.2) is 29.4 Å². The third-order valence-corrected chi connectivity index (χ3v) is 2.99. The van der Waals surface area contributed by atoms with Crippen LogP contribution in [0, 0.1) is 0 Å². The molecule has 1 aromatic carbocycles. The Morgan fingerprint density at radius 2 is 1.86 bits per heavy atom. The number of nitrogens with one attached hydrogen (secondary N) is 1. The lowest BCUT2D eigenvalue weighted by Crippen LogP contribution is -2.61. The van der Waals surface area contributed by atoms with E-state index >= 15 is 0 Å². The Morgan fingerprint density at radius 3 is 2.33 bits per heavy atom. The summed E-state index contributed by atoms with van der Waals surface area (Å²) in [5.41, 5.74) is 8.83. The van der Waals surface area contributed by atoms with E-state index in [9.17, 15) is 14.4 Å². The van der Waals surface area contributed by atoms with Crippen molar-refractivity contribution in [3.8, 4) is 5.75 Å². The van der Waals surface area contributed by atoms with E-state index in [4.69, 9.17) is 16.2 Å². The van der Waals surface area contributed by atoms with Crippen molar-refractivity contribution in [3.63, 3.8) is 0 Å². The summed E-state index contributed by atoms with van der Waals surface area (Å²) in [4.78, 5) is 35.1. The van der Waals surface area contributed by atoms with E-state index in [1.165, 1.54) is 6.92 Å². The number of Topliss-reactive ketones (excluding diaryl/α,β-unsaturated/α-hetero) is 1. The molecule has 0 aliphatic rings. The largest absolute Gasteiger partial charge is 0.413 e. The molecule has 1 rings (SSSR count). The Hall–Kier alpha value is -2.41. The van der Waals surface area contributed by atoms with E-state index in [1.54, 1.807) is 37.3 Å². The number of hydrogen-bond donors (Lipinski definition) is 3. The average molecular weight is 293 g/mol. The molecule has 0 spiro atoms. The Balaban J connectivity index is 2.72. The molecule has 7 heteroatoms. The van der Waals surface area contributed by atoms with Crippen LogP contribution in [0.5, 0.6) is 5.75 Å². The highest BCUT2D eigenvalue weighted by atomic mass is 16.6. The second kappa shape index (κ2) is 6.85. The van der Waals surface area contributed by atoms with Gasteiger partial charge in [0.2, 0.25) is 5.91 Å². The fourth-order valence-corrected chi connectivity index (χ4v) is 1.60. The highest BCUT2D eigenvalue weighted by molar-refractivity contribution is 6.12. The van der Waals surface area contributed by atoms with Gasteiger partial charge < -0.3 is 21.5 Å². The maximum absolute atomic E-state index is 12.1. The first kappa shape index (κ1) is 16.6. The molecule has 0 heterocycles. The predicted octanol–water partition coefficient (Wildman–Crippen LogP) is 0.325. The van der Waals surface area contributed by atoms with Crippen molar-refractivity contribution in [2.45, 2.75) is 31.8 Å². The molecule has 0 bridgehead atoms. The minimum atomic E-state index is -1.85. The minimum absolute atomic E-state index is 0.253. The van der Waals surface area contributed by atoms with Crippen LogP contribution >= 0.6 is 0 Å². The zero-order chi connectivity index (χ0) is 16.0. The number of benzene rings is 1. The van der Waals surface area contributed by atoms with Crippen LogP contribution in [0.25, 0.3) is 0 Å². The second-order valence-corrected chi connectivity index (χ2v) is 4.74. The van der Waals surface area contributed by atoms with Gasteiger partial charge in [-0.2, -0.15) is 0 Å². The summed E-state index contributed by atoms with van der Waals surface area (Å²) in [6, 6.07) is 7.42. The zero-order valence-corrected chi connectivity index (χ0v) is 12.0. The maximum Gasteiger partial charge on any atom is 0.413 e. The molecule has 7 nitrogen and oxygen atoms in total. The van der Waals surface area contributed by atoms with Crippen molar-refractivity contribution >= 4 is 17.8 Å². The van der Waals surface area contributed by atoms with Crippen LogP contribution in [0.3, 0.4) is 0 Å². The van der Waals surface area contributed by atoms with Crippen LogP contribution in [0.2, 0.25) is 0 Å². The number of hydrogen-bond acceptors (Lipinski definition) is 5. The lowest BCUT2D eigenvalue weighted by molar-refractivity contribution is -0.134. The first-order chi connectivity index (χ1) is 9.78. The van der Waals surface area contributed by atoms with Crippen molar-refractivity contribution in [1.29, 1.82) is 0 Å². The molecule has 0 fully saturated rings. The molecule has 2 amide bonds. The van der Waals surface area contributed by atoms with E-state index < -0.39 is 29.4 Å². The third kappa shape index (κ3) is 4.28. The zero-order valence-electron chi connectivity index (χ0n) is 12.0. The van der Waals surface area contributed by atoms with Crippen molar-refractivity contribution in [3.05, 3.63) is 30.3 Å². The molecule has 0 aliphatic carbocycles. The number of carbonyl (C=O) groups excluding carboxylic acids is 3. The number of para-hydroxylation sites is 1. The normalized spacial score (nSPS) is 14.6. The lowest BCUT2D eigenvalue weighted by Gasteiger charge is -2.25. The van der Waals surface area contributed by atoms with Gasteiger partial charge >= 0.3 is 6.09 Å². The number of amides is 2. The molecule has 5 N–H and O–H groups in total. The van der Waals surface area contributed by atoms with Gasteiger partial charge in [0.1, 0.15) is 5.75 Å². The minimum Gasteiger partial charge on any atom is -0.410 e. The van der Waals surface area contributed by atoms with Crippen LogP contribution in [0.15, 0.2) is 30.3 Å². The summed E-state index contributed by atoms with van der Waals surface area (Å²) in [6.45, 7) is 2.88. The number of primary amides is 1. The van der Waals surface area contributed by atoms with E-state index in [0.717, 1.165) is 0 Å². The molecular formula is C14H19N3O4. The quantitative estimate of drug-likeness (QED) is 0.652. The SMILES string of the molecule is CCC(NC(=O)Oc1ccccc1)C(=O)[C@](C)(N)C(N)=O. The maximum atomic E-state index is 12.1. The van der Waals surface area contributed by atoms with E-state index in [2.05, 4.69) is 5.32 Å². The molecule has 0 aromatic heterocycles. The molecule has 0 aliphatic heterocycles. The van der Waals surface area contributed by atoms with Crippen LogP contribution in [0.1, 0.15) is 20.3 Å². The van der Waals surface area contributed by atoms with Gasteiger partial charge in [-0.25, -0.2) is 4.79 Å². The number of ether oxygens (including phenoxy) is 1. The molecular weight excluding hydrogens is 274 g/mol. The van der Waals surface area contributed by atoms with Crippen molar-refractivity contribution < 1.29 is 19.1 Å². The van der Waals surface area contributed by atoms with Crippen molar-refractivity contribution in [1.82, 2.24) is 5.32 Å². The van der Waals surface area contributed by atoms with Crippen LogP contribution in [-0.2, 0) is 9.59 Å². The number of nitrogens with two attached hydrogens (primary N) is 2. The van der Waals surface area contributed by atoms with E-state index in [1.807, 2.05) is 0 Å². The van der Waals surface area contributed by atoms with Gasteiger partial charge in [-0.1, -0.05) is 25.1 Å². The van der Waals surface area contributed by atoms with E-state index in [-0.39, 0.29) is 6.42 Å².